The highest BCUT2D eigenvalue weighted by Gasteiger charge is 2.22. The van der Waals surface area contributed by atoms with E-state index in [1.165, 1.54) is 6.92 Å². The molecule has 2 atom stereocenters. The first-order chi connectivity index (χ1) is 14.1. The lowest BCUT2D eigenvalue weighted by Crippen LogP contribution is -2.49. The van der Waals surface area contributed by atoms with Gasteiger partial charge in [-0.1, -0.05) is 85.7 Å². The molecule has 0 aliphatic carbocycles. The van der Waals surface area contributed by atoms with Gasteiger partial charge in [-0.2, -0.15) is 0 Å². The minimum absolute atomic E-state index is 0.0358. The molecule has 0 saturated carbocycles. The molecule has 5 heteroatoms. The van der Waals surface area contributed by atoms with E-state index in [2.05, 4.69) is 10.6 Å². The fraction of sp³-hybridized carbons (Fsp3) is 0.667. The van der Waals surface area contributed by atoms with Crippen LogP contribution in [0.25, 0.3) is 0 Å². The van der Waals surface area contributed by atoms with E-state index in [4.69, 9.17) is 5.73 Å². The van der Waals surface area contributed by atoms with Gasteiger partial charge in [-0.25, -0.2) is 0 Å². The van der Waals surface area contributed by atoms with Crippen molar-refractivity contribution in [3.63, 3.8) is 0 Å². The van der Waals surface area contributed by atoms with Crippen LogP contribution in [-0.4, -0.2) is 37.4 Å². The molecule has 0 aliphatic heterocycles. The molecule has 0 radical (unpaired) electrons. The summed E-state index contributed by atoms with van der Waals surface area (Å²) in [6, 6.07) is 8.98. The van der Waals surface area contributed by atoms with Gasteiger partial charge in [-0.15, -0.1) is 0 Å². The van der Waals surface area contributed by atoms with Gasteiger partial charge in [0.2, 0.25) is 5.91 Å². The van der Waals surface area contributed by atoms with Crippen LogP contribution in [0.1, 0.15) is 80.7 Å². The SMILES string of the molecule is CC.CC.CC.CC.CNC(Cc1ccccc1)C(=O)NC(CCCN)C(C)=O. The largest absolute Gasteiger partial charge is 0.345 e. The van der Waals surface area contributed by atoms with Crippen molar-refractivity contribution >= 4 is 11.7 Å². The second kappa shape index (κ2) is 28.5. The molecule has 0 saturated heterocycles. The highest BCUT2D eigenvalue weighted by atomic mass is 16.2. The normalized spacial score (nSPS) is 10.6. The lowest BCUT2D eigenvalue weighted by Gasteiger charge is -2.21. The number of hydrogen-bond donors (Lipinski definition) is 3. The number of ketones is 1. The lowest BCUT2D eigenvalue weighted by atomic mass is 10.0. The standard InChI is InChI=1S/C16H25N3O2.4C2H6/c1-12(20)14(9-6-10-17)19-16(21)15(18-2)11-13-7-4-3-5-8-13;4*1-2/h3-5,7-8,14-15,18H,6,9-11,17H2,1-2H3,(H,19,21);4*1-2H3. The third-order valence-electron chi connectivity index (χ3n) is 3.45. The molecule has 0 spiro atoms. The molecule has 2 unspecified atom stereocenters. The Labute approximate surface area is 181 Å². The van der Waals surface area contributed by atoms with Gasteiger partial charge in [-0.3, -0.25) is 9.59 Å². The summed E-state index contributed by atoms with van der Waals surface area (Å²) in [5.41, 5.74) is 6.54. The van der Waals surface area contributed by atoms with Crippen molar-refractivity contribution < 1.29 is 9.59 Å². The second-order valence-electron chi connectivity index (χ2n) is 5.13. The molecular formula is C24H49N3O2. The summed E-state index contributed by atoms with van der Waals surface area (Å²) in [6.07, 6.45) is 1.89. The number of nitrogens with one attached hydrogen (secondary N) is 2. The van der Waals surface area contributed by atoms with Crippen LogP contribution in [0.15, 0.2) is 30.3 Å². The summed E-state index contributed by atoms with van der Waals surface area (Å²) in [5, 5.41) is 5.82. The number of Topliss-reactive ketones (excluding diaryl/α,β-unsaturated/α-hetero) is 1. The van der Waals surface area contributed by atoms with E-state index in [1.807, 2.05) is 85.7 Å². The summed E-state index contributed by atoms with van der Waals surface area (Å²) in [7, 11) is 1.75. The van der Waals surface area contributed by atoms with Gasteiger partial charge >= 0.3 is 0 Å². The van der Waals surface area contributed by atoms with Crippen LogP contribution >= 0.6 is 0 Å². The zero-order valence-electron chi connectivity index (χ0n) is 20.8. The maximum absolute atomic E-state index is 12.3. The Morgan fingerprint density at radius 1 is 0.897 bits per heavy atom. The molecule has 1 aromatic rings. The van der Waals surface area contributed by atoms with Crippen LogP contribution in [0, 0.1) is 0 Å². The molecule has 172 valence electrons. The van der Waals surface area contributed by atoms with Crippen molar-refractivity contribution in [3.8, 4) is 0 Å². The minimum atomic E-state index is -0.451. The molecule has 5 nitrogen and oxygen atoms in total. The number of amides is 1. The number of nitrogens with two attached hydrogens (primary N) is 1. The van der Waals surface area contributed by atoms with Crippen molar-refractivity contribution in [1.29, 1.82) is 0 Å². The molecule has 1 aromatic carbocycles. The number of benzene rings is 1. The lowest BCUT2D eigenvalue weighted by molar-refractivity contribution is -0.128. The number of likely N-dealkylation sites (N-methyl/N-ethyl adjacent to an activating group) is 1. The van der Waals surface area contributed by atoms with E-state index in [1.54, 1.807) is 7.05 Å². The van der Waals surface area contributed by atoms with E-state index in [0.29, 0.717) is 25.8 Å². The third-order valence-corrected chi connectivity index (χ3v) is 3.45. The Balaban J connectivity index is -0.000000347. The average molecular weight is 412 g/mol. The van der Waals surface area contributed by atoms with Gasteiger partial charge in [0.1, 0.15) is 0 Å². The van der Waals surface area contributed by atoms with Gasteiger partial charge in [0, 0.05) is 0 Å². The fourth-order valence-corrected chi connectivity index (χ4v) is 2.15. The van der Waals surface area contributed by atoms with Crippen LogP contribution in [-0.2, 0) is 16.0 Å². The first-order valence-electron chi connectivity index (χ1n) is 11.3. The highest BCUT2D eigenvalue weighted by molar-refractivity contribution is 5.89. The predicted octanol–water partition coefficient (Wildman–Crippen LogP) is 4.73. The smallest absolute Gasteiger partial charge is 0.238 e. The van der Waals surface area contributed by atoms with E-state index in [-0.39, 0.29) is 17.7 Å². The van der Waals surface area contributed by atoms with Crippen LogP contribution in [0.2, 0.25) is 0 Å². The molecule has 0 heterocycles. The van der Waals surface area contributed by atoms with Crippen molar-refractivity contribution in [2.75, 3.05) is 13.6 Å². The molecular weight excluding hydrogens is 362 g/mol. The van der Waals surface area contributed by atoms with Gasteiger partial charge in [0.15, 0.2) is 5.78 Å². The summed E-state index contributed by atoms with van der Waals surface area (Å²) < 4.78 is 0. The average Bonchev–Trinajstić information content (AvgIpc) is 2.80. The Morgan fingerprint density at radius 2 is 1.38 bits per heavy atom. The van der Waals surface area contributed by atoms with E-state index >= 15 is 0 Å². The predicted molar refractivity (Wildman–Crippen MR) is 129 cm³/mol. The molecule has 4 N–H and O–H groups in total. The molecule has 1 amide bonds. The van der Waals surface area contributed by atoms with Crippen LogP contribution in [0.3, 0.4) is 0 Å². The maximum atomic E-state index is 12.3. The molecule has 0 aliphatic rings. The monoisotopic (exact) mass is 411 g/mol. The van der Waals surface area contributed by atoms with Crippen LogP contribution in [0.5, 0.6) is 0 Å². The van der Waals surface area contributed by atoms with Crippen molar-refractivity contribution in [3.05, 3.63) is 35.9 Å². The zero-order chi connectivity index (χ0) is 23.7. The summed E-state index contributed by atoms with van der Waals surface area (Å²) in [5.74, 6) is -0.190. The van der Waals surface area contributed by atoms with Crippen molar-refractivity contribution in [2.45, 2.75) is 93.7 Å². The molecule has 29 heavy (non-hydrogen) atoms. The zero-order valence-corrected chi connectivity index (χ0v) is 20.8. The quantitative estimate of drug-likeness (QED) is 0.548. The van der Waals surface area contributed by atoms with Crippen LogP contribution < -0.4 is 16.4 Å². The second-order valence-corrected chi connectivity index (χ2v) is 5.13. The van der Waals surface area contributed by atoms with E-state index in [9.17, 15) is 9.59 Å². The first-order valence-corrected chi connectivity index (χ1v) is 11.3. The first kappa shape index (κ1) is 34.8. The topological polar surface area (TPSA) is 84.2 Å². The number of rotatable bonds is 9. The van der Waals surface area contributed by atoms with Gasteiger partial charge in [0.05, 0.1) is 12.1 Å². The fourth-order valence-electron chi connectivity index (χ4n) is 2.15. The molecule has 0 fully saturated rings. The van der Waals surface area contributed by atoms with Gasteiger partial charge in [-0.05, 0) is 45.3 Å². The van der Waals surface area contributed by atoms with E-state index in [0.717, 1.165) is 5.56 Å². The number of carbonyl (C=O) groups excluding carboxylic acids is 2. The Kier molecular flexibility index (Phi) is 34.2. The van der Waals surface area contributed by atoms with Gasteiger partial charge in [0.25, 0.3) is 0 Å². The molecule has 0 bridgehead atoms. The maximum Gasteiger partial charge on any atom is 0.238 e. The van der Waals surface area contributed by atoms with Crippen molar-refractivity contribution in [1.82, 2.24) is 10.6 Å². The van der Waals surface area contributed by atoms with E-state index < -0.39 is 6.04 Å². The Hall–Kier alpha value is -1.72. The summed E-state index contributed by atoms with van der Waals surface area (Å²) in [4.78, 5) is 23.9. The van der Waals surface area contributed by atoms with Crippen molar-refractivity contribution in [2.24, 2.45) is 5.73 Å². The summed E-state index contributed by atoms with van der Waals surface area (Å²) >= 11 is 0. The summed E-state index contributed by atoms with van der Waals surface area (Å²) in [6.45, 7) is 18.0. The van der Waals surface area contributed by atoms with Crippen LogP contribution in [0.4, 0.5) is 0 Å². The third kappa shape index (κ3) is 19.4. The number of hydrogen-bond acceptors (Lipinski definition) is 4. The Morgan fingerprint density at radius 3 is 1.76 bits per heavy atom. The number of carbonyl (C=O) groups is 2. The highest BCUT2D eigenvalue weighted by Crippen LogP contribution is 2.05. The van der Waals surface area contributed by atoms with Gasteiger partial charge < -0.3 is 16.4 Å². The molecule has 0 aromatic heterocycles. The Bertz CT molecular complexity index is 451. The minimum Gasteiger partial charge on any atom is -0.345 e. The molecule has 1 rings (SSSR count).